The van der Waals surface area contributed by atoms with Gasteiger partial charge in [0.2, 0.25) is 0 Å². The standard InChI is InChI=1S/C7H16N2O/c1-7(2)3-4-10-6(7)5-9-8/h6,9H,3-5,8H2,1-2H3/t6-/m0/s1. The molecular formula is C7H16N2O. The van der Waals surface area contributed by atoms with Crippen LogP contribution in [0.1, 0.15) is 20.3 Å². The van der Waals surface area contributed by atoms with E-state index in [9.17, 15) is 0 Å². The van der Waals surface area contributed by atoms with Gasteiger partial charge in [0, 0.05) is 13.2 Å². The van der Waals surface area contributed by atoms with E-state index in [0.29, 0.717) is 5.41 Å². The molecule has 0 aromatic carbocycles. The third kappa shape index (κ3) is 1.48. The molecule has 1 aliphatic rings. The van der Waals surface area contributed by atoms with E-state index in [4.69, 9.17) is 10.6 Å². The first kappa shape index (κ1) is 7.98. The maximum atomic E-state index is 5.47. The highest BCUT2D eigenvalue weighted by atomic mass is 16.5. The fraction of sp³-hybridized carbons (Fsp3) is 1.00. The molecular weight excluding hydrogens is 128 g/mol. The van der Waals surface area contributed by atoms with Gasteiger partial charge in [-0.15, -0.1) is 0 Å². The molecule has 0 amide bonds. The van der Waals surface area contributed by atoms with Crippen LogP contribution in [-0.2, 0) is 4.74 Å². The van der Waals surface area contributed by atoms with Gasteiger partial charge in [-0.05, 0) is 11.8 Å². The van der Waals surface area contributed by atoms with Crippen LogP contribution in [-0.4, -0.2) is 19.3 Å². The summed E-state index contributed by atoms with van der Waals surface area (Å²) in [5.74, 6) is 5.20. The van der Waals surface area contributed by atoms with Gasteiger partial charge in [-0.2, -0.15) is 0 Å². The highest BCUT2D eigenvalue weighted by Gasteiger charge is 2.34. The van der Waals surface area contributed by atoms with Crippen LogP contribution in [0.5, 0.6) is 0 Å². The van der Waals surface area contributed by atoms with E-state index in [1.54, 1.807) is 0 Å². The summed E-state index contributed by atoms with van der Waals surface area (Å²) in [4.78, 5) is 0. The van der Waals surface area contributed by atoms with Crippen molar-refractivity contribution in [3.8, 4) is 0 Å². The van der Waals surface area contributed by atoms with Crippen molar-refractivity contribution in [1.82, 2.24) is 5.43 Å². The van der Waals surface area contributed by atoms with Gasteiger partial charge in [0.15, 0.2) is 0 Å². The first-order valence-corrected chi connectivity index (χ1v) is 3.72. The topological polar surface area (TPSA) is 47.3 Å². The average molecular weight is 144 g/mol. The van der Waals surface area contributed by atoms with Gasteiger partial charge in [0.1, 0.15) is 0 Å². The number of nitrogens with one attached hydrogen (secondary N) is 1. The van der Waals surface area contributed by atoms with Crippen molar-refractivity contribution in [2.75, 3.05) is 13.2 Å². The summed E-state index contributed by atoms with van der Waals surface area (Å²) in [6.45, 7) is 6.05. The maximum absolute atomic E-state index is 5.47. The van der Waals surface area contributed by atoms with Gasteiger partial charge in [-0.3, -0.25) is 11.3 Å². The minimum atomic E-state index is 0.289. The number of hydrogen-bond donors (Lipinski definition) is 2. The maximum Gasteiger partial charge on any atom is 0.0764 e. The second-order valence-corrected chi connectivity index (χ2v) is 3.51. The van der Waals surface area contributed by atoms with Crippen LogP contribution in [0.3, 0.4) is 0 Å². The number of hydrazine groups is 1. The van der Waals surface area contributed by atoms with E-state index < -0.39 is 0 Å². The lowest BCUT2D eigenvalue weighted by molar-refractivity contribution is 0.0641. The second kappa shape index (κ2) is 2.86. The van der Waals surface area contributed by atoms with E-state index in [0.717, 1.165) is 19.6 Å². The quantitative estimate of drug-likeness (QED) is 0.432. The van der Waals surface area contributed by atoms with E-state index in [1.165, 1.54) is 0 Å². The first-order valence-electron chi connectivity index (χ1n) is 3.72. The molecule has 3 heteroatoms. The van der Waals surface area contributed by atoms with Crippen molar-refractivity contribution >= 4 is 0 Å². The van der Waals surface area contributed by atoms with Crippen molar-refractivity contribution in [3.05, 3.63) is 0 Å². The van der Waals surface area contributed by atoms with E-state index >= 15 is 0 Å². The fourth-order valence-corrected chi connectivity index (χ4v) is 1.29. The molecule has 0 unspecified atom stereocenters. The van der Waals surface area contributed by atoms with Gasteiger partial charge < -0.3 is 4.74 Å². The van der Waals surface area contributed by atoms with Crippen LogP contribution in [0.2, 0.25) is 0 Å². The molecule has 1 atom stereocenters. The zero-order chi connectivity index (χ0) is 7.61. The van der Waals surface area contributed by atoms with Crippen molar-refractivity contribution in [1.29, 1.82) is 0 Å². The number of ether oxygens (including phenoxy) is 1. The van der Waals surface area contributed by atoms with Gasteiger partial charge in [0.05, 0.1) is 6.10 Å². The summed E-state index contributed by atoms with van der Waals surface area (Å²) < 4.78 is 5.47. The zero-order valence-corrected chi connectivity index (χ0v) is 6.68. The summed E-state index contributed by atoms with van der Waals surface area (Å²) in [6.07, 6.45) is 1.43. The average Bonchev–Trinajstić information content (AvgIpc) is 2.13. The molecule has 1 fully saturated rings. The lowest BCUT2D eigenvalue weighted by Crippen LogP contribution is -2.38. The SMILES string of the molecule is CC1(C)CCO[C@H]1CNN. The molecule has 0 aliphatic carbocycles. The molecule has 0 radical (unpaired) electrons. The van der Waals surface area contributed by atoms with Crippen molar-refractivity contribution in [2.45, 2.75) is 26.4 Å². The van der Waals surface area contributed by atoms with E-state index in [-0.39, 0.29) is 6.10 Å². The van der Waals surface area contributed by atoms with Crippen LogP contribution in [0, 0.1) is 5.41 Å². The smallest absolute Gasteiger partial charge is 0.0764 e. The minimum Gasteiger partial charge on any atom is -0.376 e. The normalized spacial score (nSPS) is 30.9. The number of nitrogens with two attached hydrogens (primary N) is 1. The monoisotopic (exact) mass is 144 g/mol. The third-order valence-corrected chi connectivity index (χ3v) is 2.24. The Kier molecular flexibility index (Phi) is 2.28. The molecule has 1 saturated heterocycles. The molecule has 1 heterocycles. The Labute approximate surface area is 61.9 Å². The molecule has 3 N–H and O–H groups in total. The van der Waals surface area contributed by atoms with Gasteiger partial charge in [0.25, 0.3) is 0 Å². The predicted octanol–water partition coefficient (Wildman–Crippen LogP) is 0.265. The molecule has 0 aromatic heterocycles. The Bertz CT molecular complexity index is 114. The summed E-state index contributed by atoms with van der Waals surface area (Å²) in [7, 11) is 0. The molecule has 0 aromatic rings. The largest absolute Gasteiger partial charge is 0.376 e. The molecule has 1 rings (SSSR count). The van der Waals surface area contributed by atoms with E-state index in [2.05, 4.69) is 19.3 Å². The molecule has 3 nitrogen and oxygen atoms in total. The Balaban J connectivity index is 2.43. The highest BCUT2D eigenvalue weighted by Crippen LogP contribution is 2.32. The zero-order valence-electron chi connectivity index (χ0n) is 6.68. The van der Waals surface area contributed by atoms with Crippen LogP contribution in [0.25, 0.3) is 0 Å². The fourth-order valence-electron chi connectivity index (χ4n) is 1.29. The number of rotatable bonds is 2. The summed E-state index contributed by atoms with van der Waals surface area (Å²) >= 11 is 0. The Morgan fingerprint density at radius 1 is 1.70 bits per heavy atom. The van der Waals surface area contributed by atoms with Gasteiger partial charge >= 0.3 is 0 Å². The van der Waals surface area contributed by atoms with Crippen LogP contribution in [0.15, 0.2) is 0 Å². The highest BCUT2D eigenvalue weighted by molar-refractivity contribution is 4.84. The molecule has 60 valence electrons. The van der Waals surface area contributed by atoms with Crippen LogP contribution < -0.4 is 11.3 Å². The first-order chi connectivity index (χ1) is 4.67. The molecule has 0 spiro atoms. The Morgan fingerprint density at radius 2 is 2.40 bits per heavy atom. The molecule has 1 aliphatic heterocycles. The van der Waals surface area contributed by atoms with Gasteiger partial charge in [-0.1, -0.05) is 13.8 Å². The summed E-state index contributed by atoms with van der Waals surface area (Å²) in [6, 6.07) is 0. The predicted molar refractivity (Wildman–Crippen MR) is 40.3 cm³/mol. The number of hydrogen-bond acceptors (Lipinski definition) is 3. The van der Waals surface area contributed by atoms with Gasteiger partial charge in [-0.25, -0.2) is 0 Å². The second-order valence-electron chi connectivity index (χ2n) is 3.51. The van der Waals surface area contributed by atoms with Crippen LogP contribution >= 0.6 is 0 Å². The summed E-state index contributed by atoms with van der Waals surface area (Å²) in [5.41, 5.74) is 2.94. The Morgan fingerprint density at radius 3 is 2.80 bits per heavy atom. The van der Waals surface area contributed by atoms with E-state index in [1.807, 2.05) is 0 Å². The molecule has 0 bridgehead atoms. The third-order valence-electron chi connectivity index (χ3n) is 2.24. The Hall–Kier alpha value is -0.120. The minimum absolute atomic E-state index is 0.289. The van der Waals surface area contributed by atoms with Crippen molar-refractivity contribution in [2.24, 2.45) is 11.3 Å². The summed E-state index contributed by atoms with van der Waals surface area (Å²) in [5, 5.41) is 0. The molecule has 0 saturated carbocycles. The lowest BCUT2D eigenvalue weighted by atomic mass is 9.86. The van der Waals surface area contributed by atoms with Crippen LogP contribution in [0.4, 0.5) is 0 Å². The van der Waals surface area contributed by atoms with Crippen molar-refractivity contribution < 1.29 is 4.74 Å². The molecule has 10 heavy (non-hydrogen) atoms. The lowest BCUT2D eigenvalue weighted by Gasteiger charge is -2.24. The van der Waals surface area contributed by atoms with Crippen molar-refractivity contribution in [3.63, 3.8) is 0 Å².